The van der Waals surface area contributed by atoms with E-state index in [2.05, 4.69) is 5.32 Å². The molecule has 2 unspecified atom stereocenters. The molecule has 0 bridgehead atoms. The number of sulfone groups is 1. The second-order valence-corrected chi connectivity index (χ2v) is 7.79. The fourth-order valence-electron chi connectivity index (χ4n) is 1.68. The molecule has 1 aliphatic heterocycles. The number of carboxylic acids is 1. The van der Waals surface area contributed by atoms with Gasteiger partial charge in [-0.3, -0.25) is 9.59 Å². The summed E-state index contributed by atoms with van der Waals surface area (Å²) in [7, 11) is -2.99. The van der Waals surface area contributed by atoms with Gasteiger partial charge in [0.15, 0.2) is 9.84 Å². The van der Waals surface area contributed by atoms with E-state index in [1.54, 1.807) is 0 Å². The minimum Gasteiger partial charge on any atom is -0.480 e. The highest BCUT2D eigenvalue weighted by atomic mass is 32.2. The normalized spacial score (nSPS) is 22.9. The number of hydrogen-bond donors (Lipinski definition) is 3. The van der Waals surface area contributed by atoms with E-state index in [-0.39, 0.29) is 29.2 Å². The van der Waals surface area contributed by atoms with Gasteiger partial charge in [0.2, 0.25) is 5.91 Å². The zero-order valence-corrected chi connectivity index (χ0v) is 12.0. The van der Waals surface area contributed by atoms with Crippen molar-refractivity contribution in [2.45, 2.75) is 24.9 Å². The molecule has 7 nitrogen and oxygen atoms in total. The minimum atomic E-state index is -2.99. The fraction of sp³-hybridized carbons (Fsp3) is 0.800. The number of carbonyl (C=O) groups excluding carboxylic acids is 1. The van der Waals surface area contributed by atoms with E-state index < -0.39 is 21.8 Å². The number of aliphatic carboxylic acids is 1. The number of thioether (sulfide) groups is 1. The lowest BCUT2D eigenvalue weighted by Gasteiger charge is -2.10. The first-order chi connectivity index (χ1) is 8.80. The van der Waals surface area contributed by atoms with E-state index in [1.807, 2.05) is 0 Å². The second kappa shape index (κ2) is 7.11. The third kappa shape index (κ3) is 6.26. The summed E-state index contributed by atoms with van der Waals surface area (Å²) in [5.41, 5.74) is 5.32. The molecule has 0 aromatic rings. The Kier molecular flexibility index (Phi) is 6.08. The van der Waals surface area contributed by atoms with Crippen LogP contribution in [-0.2, 0) is 19.4 Å². The summed E-state index contributed by atoms with van der Waals surface area (Å²) in [6, 6.07) is -1.20. The van der Waals surface area contributed by atoms with Gasteiger partial charge in [0, 0.05) is 6.04 Å². The summed E-state index contributed by atoms with van der Waals surface area (Å²) >= 11 is 1.29. The van der Waals surface area contributed by atoms with Crippen molar-refractivity contribution < 1.29 is 23.1 Å². The van der Waals surface area contributed by atoms with Gasteiger partial charge < -0.3 is 16.2 Å². The van der Waals surface area contributed by atoms with Crippen molar-refractivity contribution in [3.63, 3.8) is 0 Å². The summed E-state index contributed by atoms with van der Waals surface area (Å²) in [6.45, 7) is 0. The quantitative estimate of drug-likeness (QED) is 0.505. The number of carboxylic acid groups (broad SMARTS) is 1. The van der Waals surface area contributed by atoms with E-state index in [0.29, 0.717) is 18.6 Å². The lowest BCUT2D eigenvalue weighted by molar-refractivity contribution is -0.138. The summed E-state index contributed by atoms with van der Waals surface area (Å²) in [6.07, 6.45) is 0.758. The van der Waals surface area contributed by atoms with Gasteiger partial charge in [0.1, 0.15) is 6.04 Å². The van der Waals surface area contributed by atoms with Gasteiger partial charge in [-0.25, -0.2) is 8.42 Å². The molecule has 0 saturated carbocycles. The lowest BCUT2D eigenvalue weighted by atomic mass is 10.2. The van der Waals surface area contributed by atoms with Crippen LogP contribution in [0.25, 0.3) is 0 Å². The van der Waals surface area contributed by atoms with E-state index in [4.69, 9.17) is 10.8 Å². The van der Waals surface area contributed by atoms with Crippen LogP contribution in [0.15, 0.2) is 0 Å². The Hall–Kier alpha value is -0.800. The zero-order valence-electron chi connectivity index (χ0n) is 10.4. The third-order valence-corrected chi connectivity index (χ3v) is 5.48. The minimum absolute atomic E-state index is 0.00724. The Balaban J connectivity index is 2.14. The Bertz CT molecular complexity index is 437. The summed E-state index contributed by atoms with van der Waals surface area (Å²) in [5, 5.41) is 11.2. The van der Waals surface area contributed by atoms with Gasteiger partial charge in [0.05, 0.1) is 17.3 Å². The number of rotatable bonds is 7. The highest BCUT2D eigenvalue weighted by Crippen LogP contribution is 2.12. The van der Waals surface area contributed by atoms with Crippen molar-refractivity contribution in [2.75, 3.05) is 23.0 Å². The van der Waals surface area contributed by atoms with Crippen LogP contribution < -0.4 is 11.1 Å². The van der Waals surface area contributed by atoms with Crippen molar-refractivity contribution in [1.29, 1.82) is 0 Å². The predicted octanol–water partition coefficient (Wildman–Crippen LogP) is -1.18. The molecule has 1 heterocycles. The Morgan fingerprint density at radius 3 is 2.68 bits per heavy atom. The maximum Gasteiger partial charge on any atom is 0.320 e. The van der Waals surface area contributed by atoms with Crippen LogP contribution in [-0.4, -0.2) is 60.5 Å². The first-order valence-corrected chi connectivity index (χ1v) is 8.83. The molecular weight excluding hydrogens is 292 g/mol. The maximum atomic E-state index is 11.5. The summed E-state index contributed by atoms with van der Waals surface area (Å²) in [5.74, 6) is -0.490. The van der Waals surface area contributed by atoms with Crippen molar-refractivity contribution in [2.24, 2.45) is 5.73 Å². The first-order valence-electron chi connectivity index (χ1n) is 5.86. The number of hydrogen-bond acceptors (Lipinski definition) is 6. The van der Waals surface area contributed by atoms with Gasteiger partial charge in [-0.2, -0.15) is 11.8 Å². The molecule has 1 rings (SSSR count). The molecule has 19 heavy (non-hydrogen) atoms. The zero-order chi connectivity index (χ0) is 14.5. The largest absolute Gasteiger partial charge is 0.480 e. The smallest absolute Gasteiger partial charge is 0.320 e. The maximum absolute atomic E-state index is 11.5. The van der Waals surface area contributed by atoms with Crippen LogP contribution in [0, 0.1) is 0 Å². The second-order valence-electron chi connectivity index (χ2n) is 4.45. The van der Waals surface area contributed by atoms with E-state index in [9.17, 15) is 18.0 Å². The van der Waals surface area contributed by atoms with Crippen molar-refractivity contribution >= 4 is 33.5 Å². The fourth-order valence-corrected chi connectivity index (χ4v) is 4.18. The highest BCUT2D eigenvalue weighted by molar-refractivity contribution is 7.99. The van der Waals surface area contributed by atoms with Crippen LogP contribution in [0.1, 0.15) is 12.8 Å². The molecule has 1 aliphatic rings. The molecule has 0 aliphatic carbocycles. The van der Waals surface area contributed by atoms with Gasteiger partial charge in [-0.15, -0.1) is 0 Å². The molecule has 9 heteroatoms. The number of carbonyl (C=O) groups is 2. The molecular formula is C10H18N2O5S2. The van der Waals surface area contributed by atoms with Gasteiger partial charge >= 0.3 is 5.97 Å². The molecule has 1 amide bonds. The summed E-state index contributed by atoms with van der Waals surface area (Å²) in [4.78, 5) is 22.0. The third-order valence-electron chi connectivity index (χ3n) is 2.72. The SMILES string of the molecule is NC(CCSCC(=O)NC1CCS(=O)(=O)C1)C(=O)O. The molecule has 0 aromatic carbocycles. The van der Waals surface area contributed by atoms with Crippen molar-refractivity contribution in [1.82, 2.24) is 5.32 Å². The van der Waals surface area contributed by atoms with E-state index in [1.165, 1.54) is 11.8 Å². The highest BCUT2D eigenvalue weighted by Gasteiger charge is 2.28. The lowest BCUT2D eigenvalue weighted by Crippen LogP contribution is -2.37. The van der Waals surface area contributed by atoms with Crippen LogP contribution in [0.3, 0.4) is 0 Å². The number of nitrogens with two attached hydrogens (primary N) is 1. The Labute approximate surface area is 116 Å². The van der Waals surface area contributed by atoms with Gasteiger partial charge in [0.25, 0.3) is 0 Å². The number of nitrogens with one attached hydrogen (secondary N) is 1. The average molecular weight is 310 g/mol. The monoisotopic (exact) mass is 310 g/mol. The molecule has 0 aromatic heterocycles. The van der Waals surface area contributed by atoms with E-state index >= 15 is 0 Å². The first kappa shape index (κ1) is 16.3. The van der Waals surface area contributed by atoms with Crippen molar-refractivity contribution in [3.8, 4) is 0 Å². The molecule has 0 spiro atoms. The summed E-state index contributed by atoms with van der Waals surface area (Å²) < 4.78 is 22.4. The Morgan fingerprint density at radius 2 is 2.16 bits per heavy atom. The van der Waals surface area contributed by atoms with Crippen LogP contribution in [0.4, 0.5) is 0 Å². The van der Waals surface area contributed by atoms with Gasteiger partial charge in [-0.1, -0.05) is 0 Å². The molecule has 1 fully saturated rings. The predicted molar refractivity (Wildman–Crippen MR) is 72.8 cm³/mol. The molecule has 110 valence electrons. The standard InChI is InChI=1S/C10H18N2O5S2/c11-8(10(14)15)1-3-18-5-9(13)12-7-2-4-19(16,17)6-7/h7-8H,1-6,11H2,(H,12,13)(H,14,15). The molecule has 2 atom stereocenters. The Morgan fingerprint density at radius 1 is 1.47 bits per heavy atom. The van der Waals surface area contributed by atoms with Crippen molar-refractivity contribution in [3.05, 3.63) is 0 Å². The molecule has 0 radical (unpaired) electrons. The van der Waals surface area contributed by atoms with Crippen LogP contribution >= 0.6 is 11.8 Å². The van der Waals surface area contributed by atoms with Crippen LogP contribution in [0.2, 0.25) is 0 Å². The molecule has 1 saturated heterocycles. The number of amides is 1. The topological polar surface area (TPSA) is 127 Å². The van der Waals surface area contributed by atoms with E-state index in [0.717, 1.165) is 0 Å². The molecule has 4 N–H and O–H groups in total. The van der Waals surface area contributed by atoms with Crippen LogP contribution in [0.5, 0.6) is 0 Å². The van der Waals surface area contributed by atoms with Gasteiger partial charge in [-0.05, 0) is 18.6 Å². The average Bonchev–Trinajstić information content (AvgIpc) is 2.63.